The lowest BCUT2D eigenvalue weighted by molar-refractivity contribution is -0.128. The molecule has 5 rings (SSSR count). The maximum atomic E-state index is 12.6. The molecule has 0 bridgehead atoms. The predicted octanol–water partition coefficient (Wildman–Crippen LogP) is 4.04. The largest absolute Gasteiger partial charge is 0.457 e. The second-order valence-corrected chi connectivity index (χ2v) is 8.26. The third-order valence-corrected chi connectivity index (χ3v) is 6.02. The second kappa shape index (κ2) is 6.91. The highest BCUT2D eigenvalue weighted by Crippen LogP contribution is 2.34. The fourth-order valence-corrected chi connectivity index (χ4v) is 4.40. The Hall–Kier alpha value is -2.93. The van der Waals surface area contributed by atoms with Crippen molar-refractivity contribution in [1.29, 1.82) is 0 Å². The Morgan fingerprint density at radius 1 is 1.14 bits per heavy atom. The normalized spacial score (nSPS) is 19.2. The van der Waals surface area contributed by atoms with Crippen molar-refractivity contribution < 1.29 is 14.3 Å². The number of rotatable bonds is 5. The number of aromatic nitrogens is 1. The lowest BCUT2D eigenvalue weighted by Crippen LogP contribution is -2.29. The van der Waals surface area contributed by atoms with Crippen LogP contribution >= 0.6 is 11.3 Å². The molecular weight excluding hydrogens is 374 g/mol. The van der Waals surface area contributed by atoms with Crippen LogP contribution in [0.5, 0.6) is 11.5 Å². The number of carbonyl (C=O) groups is 2. The summed E-state index contributed by atoms with van der Waals surface area (Å²) in [6.07, 6.45) is 2.42. The van der Waals surface area contributed by atoms with Gasteiger partial charge in [0.2, 0.25) is 11.8 Å². The number of fused-ring (bicyclic) bond motifs is 1. The van der Waals surface area contributed by atoms with E-state index in [1.807, 2.05) is 53.4 Å². The average molecular weight is 393 g/mol. The van der Waals surface area contributed by atoms with Gasteiger partial charge in [0.15, 0.2) is 5.13 Å². The molecule has 28 heavy (non-hydrogen) atoms. The molecular formula is C21H19N3O3S. The fraction of sp³-hybridized carbons (Fsp3) is 0.286. The van der Waals surface area contributed by atoms with Crippen LogP contribution < -0.4 is 10.1 Å². The second-order valence-electron chi connectivity index (χ2n) is 7.23. The summed E-state index contributed by atoms with van der Waals surface area (Å²) >= 11 is 1.41. The number of anilines is 1. The molecule has 1 aromatic heterocycles. The van der Waals surface area contributed by atoms with Crippen LogP contribution in [0.15, 0.2) is 48.5 Å². The number of para-hydroxylation sites is 1. The van der Waals surface area contributed by atoms with Crippen molar-refractivity contribution >= 4 is 38.5 Å². The van der Waals surface area contributed by atoms with Gasteiger partial charge in [-0.25, -0.2) is 4.98 Å². The van der Waals surface area contributed by atoms with E-state index in [1.165, 1.54) is 11.3 Å². The van der Waals surface area contributed by atoms with E-state index in [2.05, 4.69) is 10.3 Å². The van der Waals surface area contributed by atoms with Crippen LogP contribution in [0.2, 0.25) is 0 Å². The zero-order valence-corrected chi connectivity index (χ0v) is 15.9. The smallest absolute Gasteiger partial charge is 0.231 e. The Morgan fingerprint density at radius 2 is 1.96 bits per heavy atom. The number of thiazole rings is 1. The summed E-state index contributed by atoms with van der Waals surface area (Å²) in [6, 6.07) is 15.6. The molecule has 0 spiro atoms. The van der Waals surface area contributed by atoms with Crippen LogP contribution in [0.25, 0.3) is 10.2 Å². The fourth-order valence-electron chi connectivity index (χ4n) is 3.50. The third kappa shape index (κ3) is 3.45. The highest BCUT2D eigenvalue weighted by molar-refractivity contribution is 7.22. The molecule has 1 aliphatic heterocycles. The SMILES string of the molecule is O=C(Nc1nc2ccc(Oc3ccccc3)cc2s1)C1CC(=O)N(C2CC2)C1. The van der Waals surface area contributed by atoms with Crippen molar-refractivity contribution in [2.75, 3.05) is 11.9 Å². The van der Waals surface area contributed by atoms with Crippen LogP contribution in [0.1, 0.15) is 19.3 Å². The quantitative estimate of drug-likeness (QED) is 0.710. The molecule has 1 aliphatic carbocycles. The Kier molecular flexibility index (Phi) is 4.24. The van der Waals surface area contributed by atoms with Crippen LogP contribution in [0, 0.1) is 5.92 Å². The van der Waals surface area contributed by atoms with Crippen molar-refractivity contribution in [3.05, 3.63) is 48.5 Å². The maximum absolute atomic E-state index is 12.6. The van der Waals surface area contributed by atoms with Crippen LogP contribution in [0.3, 0.4) is 0 Å². The zero-order chi connectivity index (χ0) is 19.1. The van der Waals surface area contributed by atoms with E-state index in [-0.39, 0.29) is 17.7 Å². The molecule has 6 nitrogen and oxygen atoms in total. The molecule has 1 saturated carbocycles. The first kappa shape index (κ1) is 17.2. The maximum Gasteiger partial charge on any atom is 0.231 e. The van der Waals surface area contributed by atoms with Gasteiger partial charge < -0.3 is 15.0 Å². The van der Waals surface area contributed by atoms with Crippen molar-refractivity contribution in [2.24, 2.45) is 5.92 Å². The minimum absolute atomic E-state index is 0.0923. The van der Waals surface area contributed by atoms with Crippen LogP contribution in [0.4, 0.5) is 5.13 Å². The third-order valence-electron chi connectivity index (χ3n) is 5.09. The molecule has 2 aliphatic rings. The Morgan fingerprint density at radius 3 is 2.75 bits per heavy atom. The first-order chi connectivity index (χ1) is 13.7. The number of nitrogens with zero attached hydrogens (tertiary/aromatic N) is 2. The molecule has 2 amide bonds. The Balaban J connectivity index is 1.28. The first-order valence-electron chi connectivity index (χ1n) is 9.39. The summed E-state index contributed by atoms with van der Waals surface area (Å²) in [6.45, 7) is 0.523. The van der Waals surface area contributed by atoms with Gasteiger partial charge >= 0.3 is 0 Å². The van der Waals surface area contributed by atoms with Gasteiger partial charge in [0.25, 0.3) is 0 Å². The number of amides is 2. The molecule has 1 N–H and O–H groups in total. The van der Waals surface area contributed by atoms with E-state index in [4.69, 9.17) is 4.74 Å². The number of likely N-dealkylation sites (tertiary alicyclic amines) is 1. The summed E-state index contributed by atoms with van der Waals surface area (Å²) in [4.78, 5) is 31.0. The van der Waals surface area contributed by atoms with Crippen molar-refractivity contribution in [3.8, 4) is 11.5 Å². The lowest BCUT2D eigenvalue weighted by atomic mass is 10.1. The van der Waals surface area contributed by atoms with E-state index in [1.54, 1.807) is 0 Å². The molecule has 0 radical (unpaired) electrons. The summed E-state index contributed by atoms with van der Waals surface area (Å²) in [5.74, 6) is 1.16. The van der Waals surface area contributed by atoms with Gasteiger partial charge in [0.05, 0.1) is 16.1 Å². The molecule has 3 aromatic rings. The van der Waals surface area contributed by atoms with E-state index >= 15 is 0 Å². The van der Waals surface area contributed by atoms with Crippen LogP contribution in [-0.4, -0.2) is 34.3 Å². The predicted molar refractivity (Wildman–Crippen MR) is 108 cm³/mol. The first-order valence-corrected chi connectivity index (χ1v) is 10.2. The number of nitrogens with one attached hydrogen (secondary N) is 1. The molecule has 142 valence electrons. The molecule has 1 unspecified atom stereocenters. The Bertz CT molecular complexity index is 1050. The van der Waals surface area contributed by atoms with Crippen molar-refractivity contribution in [3.63, 3.8) is 0 Å². The van der Waals surface area contributed by atoms with Gasteiger partial charge in [-0.3, -0.25) is 9.59 Å². The van der Waals surface area contributed by atoms with Gasteiger partial charge in [-0.1, -0.05) is 29.5 Å². The summed E-state index contributed by atoms with van der Waals surface area (Å²) < 4.78 is 6.79. The minimum atomic E-state index is -0.294. The van der Waals surface area contributed by atoms with Crippen molar-refractivity contribution in [2.45, 2.75) is 25.3 Å². The van der Waals surface area contributed by atoms with Gasteiger partial charge in [0, 0.05) is 25.1 Å². The van der Waals surface area contributed by atoms with Crippen molar-refractivity contribution in [1.82, 2.24) is 9.88 Å². The molecule has 1 atom stereocenters. The average Bonchev–Trinajstić information content (AvgIpc) is 3.34. The lowest BCUT2D eigenvalue weighted by Gasteiger charge is -2.14. The van der Waals surface area contributed by atoms with Gasteiger partial charge in [-0.2, -0.15) is 0 Å². The standard InChI is InChI=1S/C21H19N3O3S/c25-19-10-13(12-24(19)14-6-7-14)20(26)23-21-22-17-9-8-16(11-18(17)28-21)27-15-4-2-1-3-5-15/h1-5,8-9,11,13-14H,6-7,10,12H2,(H,22,23,26). The topological polar surface area (TPSA) is 71.5 Å². The van der Waals surface area contributed by atoms with E-state index < -0.39 is 0 Å². The van der Waals surface area contributed by atoms with Gasteiger partial charge in [-0.05, 0) is 37.1 Å². The summed E-state index contributed by atoms with van der Waals surface area (Å²) in [5.41, 5.74) is 0.808. The summed E-state index contributed by atoms with van der Waals surface area (Å²) in [5, 5.41) is 3.44. The number of ether oxygens (including phenoxy) is 1. The van der Waals surface area contributed by atoms with Gasteiger partial charge in [0.1, 0.15) is 11.5 Å². The zero-order valence-electron chi connectivity index (χ0n) is 15.1. The molecule has 2 fully saturated rings. The Labute approximate surface area is 166 Å². The molecule has 2 aromatic carbocycles. The van der Waals surface area contributed by atoms with E-state index in [0.29, 0.717) is 24.1 Å². The number of carbonyl (C=O) groups excluding carboxylic acids is 2. The number of hydrogen-bond acceptors (Lipinski definition) is 5. The monoisotopic (exact) mass is 393 g/mol. The highest BCUT2D eigenvalue weighted by atomic mass is 32.1. The van der Waals surface area contributed by atoms with E-state index in [0.717, 1.165) is 34.6 Å². The highest BCUT2D eigenvalue weighted by Gasteiger charge is 2.41. The minimum Gasteiger partial charge on any atom is -0.457 e. The summed E-state index contributed by atoms with van der Waals surface area (Å²) in [7, 11) is 0. The number of hydrogen-bond donors (Lipinski definition) is 1. The van der Waals surface area contributed by atoms with E-state index in [9.17, 15) is 9.59 Å². The molecule has 7 heteroatoms. The molecule has 2 heterocycles. The van der Waals surface area contributed by atoms with Crippen LogP contribution in [-0.2, 0) is 9.59 Å². The molecule has 1 saturated heterocycles. The van der Waals surface area contributed by atoms with Gasteiger partial charge in [-0.15, -0.1) is 0 Å². The number of benzene rings is 2.